The molecule has 6 heteroatoms. The lowest BCUT2D eigenvalue weighted by atomic mass is 10.3. The van der Waals surface area contributed by atoms with Crippen molar-refractivity contribution in [3.63, 3.8) is 0 Å². The van der Waals surface area contributed by atoms with Gasteiger partial charge in [-0.3, -0.25) is 9.59 Å². The van der Waals surface area contributed by atoms with E-state index in [0.29, 0.717) is 13.1 Å². The van der Waals surface area contributed by atoms with Gasteiger partial charge in [-0.05, 0) is 19.9 Å². The van der Waals surface area contributed by atoms with E-state index in [1.165, 1.54) is 0 Å². The summed E-state index contributed by atoms with van der Waals surface area (Å²) in [5, 5.41) is 5.56. The molecule has 0 atom stereocenters. The Balaban J connectivity index is 0. The summed E-state index contributed by atoms with van der Waals surface area (Å²) >= 11 is 0. The molecule has 0 unspecified atom stereocenters. The summed E-state index contributed by atoms with van der Waals surface area (Å²) in [6.07, 6.45) is 1.76. The first-order valence-corrected chi connectivity index (χ1v) is 5.84. The standard InChI is InChI=1S/C11H23N3O2.ClH/c1-4-6-13-10(15)9-14(7-5-2)11(16)8-12-3;/h12H,4-9H2,1-3H3,(H,13,15);1H. The Morgan fingerprint density at radius 3 is 2.29 bits per heavy atom. The zero-order valence-electron chi connectivity index (χ0n) is 10.9. The van der Waals surface area contributed by atoms with Crippen LogP contribution in [0.2, 0.25) is 0 Å². The third-order valence-corrected chi connectivity index (χ3v) is 2.08. The molecule has 0 saturated carbocycles. The molecule has 0 aromatic carbocycles. The van der Waals surface area contributed by atoms with Crippen molar-refractivity contribution in [1.82, 2.24) is 15.5 Å². The lowest BCUT2D eigenvalue weighted by molar-refractivity contribution is -0.135. The van der Waals surface area contributed by atoms with Gasteiger partial charge in [0.2, 0.25) is 11.8 Å². The van der Waals surface area contributed by atoms with E-state index in [0.717, 1.165) is 12.8 Å². The molecule has 0 heterocycles. The van der Waals surface area contributed by atoms with Gasteiger partial charge in [-0.1, -0.05) is 13.8 Å². The molecule has 0 fully saturated rings. The van der Waals surface area contributed by atoms with Crippen LogP contribution in [0.1, 0.15) is 26.7 Å². The highest BCUT2D eigenvalue weighted by atomic mass is 35.5. The molecule has 17 heavy (non-hydrogen) atoms. The Bertz CT molecular complexity index is 225. The second-order valence-electron chi connectivity index (χ2n) is 3.70. The van der Waals surface area contributed by atoms with Gasteiger partial charge in [-0.15, -0.1) is 12.4 Å². The van der Waals surface area contributed by atoms with Crippen molar-refractivity contribution < 1.29 is 9.59 Å². The fourth-order valence-corrected chi connectivity index (χ4v) is 1.32. The number of likely N-dealkylation sites (N-methyl/N-ethyl adjacent to an activating group) is 1. The highest BCUT2D eigenvalue weighted by molar-refractivity contribution is 5.85. The van der Waals surface area contributed by atoms with Crippen molar-refractivity contribution in [2.24, 2.45) is 0 Å². The molecule has 102 valence electrons. The van der Waals surface area contributed by atoms with Crippen LogP contribution in [0.3, 0.4) is 0 Å². The number of rotatable bonds is 8. The molecular weight excluding hydrogens is 242 g/mol. The molecule has 0 aliphatic carbocycles. The number of halogens is 1. The van der Waals surface area contributed by atoms with Gasteiger partial charge in [0.1, 0.15) is 0 Å². The topological polar surface area (TPSA) is 61.4 Å². The smallest absolute Gasteiger partial charge is 0.239 e. The van der Waals surface area contributed by atoms with Gasteiger partial charge in [-0.2, -0.15) is 0 Å². The van der Waals surface area contributed by atoms with Crippen molar-refractivity contribution in [3.05, 3.63) is 0 Å². The van der Waals surface area contributed by atoms with Crippen LogP contribution in [0, 0.1) is 0 Å². The number of hydrogen-bond donors (Lipinski definition) is 2. The van der Waals surface area contributed by atoms with Gasteiger partial charge in [0.25, 0.3) is 0 Å². The molecule has 0 radical (unpaired) electrons. The lowest BCUT2D eigenvalue weighted by Gasteiger charge is -2.21. The van der Waals surface area contributed by atoms with Crippen molar-refractivity contribution in [3.8, 4) is 0 Å². The highest BCUT2D eigenvalue weighted by Gasteiger charge is 2.14. The van der Waals surface area contributed by atoms with Crippen molar-refractivity contribution in [2.75, 3.05) is 33.2 Å². The molecule has 0 spiro atoms. The summed E-state index contributed by atoms with van der Waals surface area (Å²) in [6.45, 7) is 5.72. The first kappa shape index (κ1) is 18.6. The van der Waals surface area contributed by atoms with Crippen molar-refractivity contribution in [1.29, 1.82) is 0 Å². The summed E-state index contributed by atoms with van der Waals surface area (Å²) in [5.74, 6) is -0.115. The minimum absolute atomic E-state index is 0. The summed E-state index contributed by atoms with van der Waals surface area (Å²) in [7, 11) is 1.72. The number of nitrogens with one attached hydrogen (secondary N) is 2. The average Bonchev–Trinajstić information content (AvgIpc) is 2.26. The number of carbonyl (C=O) groups excluding carboxylic acids is 2. The minimum Gasteiger partial charge on any atom is -0.355 e. The van der Waals surface area contributed by atoms with Crippen molar-refractivity contribution >= 4 is 24.2 Å². The molecule has 0 saturated heterocycles. The van der Waals surface area contributed by atoms with Crippen LogP contribution >= 0.6 is 12.4 Å². The molecule has 0 bridgehead atoms. The predicted molar refractivity (Wildman–Crippen MR) is 71.3 cm³/mol. The molecule has 0 rings (SSSR count). The van der Waals surface area contributed by atoms with E-state index in [-0.39, 0.29) is 37.3 Å². The maximum absolute atomic E-state index is 11.6. The molecule has 2 amide bonds. The first-order valence-electron chi connectivity index (χ1n) is 5.84. The van der Waals surface area contributed by atoms with Crippen LogP contribution in [-0.2, 0) is 9.59 Å². The molecule has 0 aliphatic rings. The van der Waals surface area contributed by atoms with E-state index in [2.05, 4.69) is 10.6 Å². The monoisotopic (exact) mass is 265 g/mol. The molecule has 2 N–H and O–H groups in total. The quantitative estimate of drug-likeness (QED) is 0.668. The normalized spacial score (nSPS) is 9.35. The van der Waals surface area contributed by atoms with Gasteiger partial charge in [-0.25, -0.2) is 0 Å². The molecule has 0 aromatic heterocycles. The van der Waals surface area contributed by atoms with E-state index >= 15 is 0 Å². The summed E-state index contributed by atoms with van der Waals surface area (Å²) in [5.41, 5.74) is 0. The van der Waals surface area contributed by atoms with Crippen LogP contribution in [0.4, 0.5) is 0 Å². The number of nitrogens with zero attached hydrogens (tertiary/aromatic N) is 1. The second kappa shape index (κ2) is 11.7. The first-order chi connectivity index (χ1) is 7.65. The second-order valence-corrected chi connectivity index (χ2v) is 3.70. The van der Waals surface area contributed by atoms with E-state index in [1.54, 1.807) is 11.9 Å². The Kier molecular flexibility index (Phi) is 12.7. The lowest BCUT2D eigenvalue weighted by Crippen LogP contribution is -2.44. The number of amides is 2. The van der Waals surface area contributed by atoms with E-state index in [4.69, 9.17) is 0 Å². The maximum atomic E-state index is 11.6. The zero-order valence-corrected chi connectivity index (χ0v) is 11.7. The van der Waals surface area contributed by atoms with Crippen LogP contribution < -0.4 is 10.6 Å². The van der Waals surface area contributed by atoms with Crippen LogP contribution in [0.5, 0.6) is 0 Å². The Morgan fingerprint density at radius 2 is 1.82 bits per heavy atom. The Hall–Kier alpha value is -0.810. The Labute approximate surface area is 110 Å². The SMILES string of the molecule is CCCNC(=O)CN(CCC)C(=O)CNC.Cl. The molecule has 0 aliphatic heterocycles. The number of hydrogen-bond acceptors (Lipinski definition) is 3. The fraction of sp³-hybridized carbons (Fsp3) is 0.818. The van der Waals surface area contributed by atoms with Crippen LogP contribution in [0.25, 0.3) is 0 Å². The molecule has 5 nitrogen and oxygen atoms in total. The molecular formula is C11H24ClN3O2. The summed E-state index contributed by atoms with van der Waals surface area (Å²) in [4.78, 5) is 24.7. The van der Waals surface area contributed by atoms with Gasteiger partial charge in [0.15, 0.2) is 0 Å². The third kappa shape index (κ3) is 8.94. The molecule has 0 aromatic rings. The third-order valence-electron chi connectivity index (χ3n) is 2.08. The fourth-order valence-electron chi connectivity index (χ4n) is 1.32. The van der Waals surface area contributed by atoms with E-state index < -0.39 is 0 Å². The van der Waals surface area contributed by atoms with Crippen LogP contribution in [-0.4, -0.2) is 49.9 Å². The Morgan fingerprint density at radius 1 is 1.18 bits per heavy atom. The summed E-state index contributed by atoms with van der Waals surface area (Å²) in [6, 6.07) is 0. The van der Waals surface area contributed by atoms with Gasteiger partial charge >= 0.3 is 0 Å². The number of carbonyl (C=O) groups is 2. The zero-order chi connectivity index (χ0) is 12.4. The van der Waals surface area contributed by atoms with Crippen molar-refractivity contribution in [2.45, 2.75) is 26.7 Å². The van der Waals surface area contributed by atoms with Gasteiger partial charge in [0, 0.05) is 13.1 Å². The summed E-state index contributed by atoms with van der Waals surface area (Å²) < 4.78 is 0. The maximum Gasteiger partial charge on any atom is 0.239 e. The van der Waals surface area contributed by atoms with Crippen LogP contribution in [0.15, 0.2) is 0 Å². The van der Waals surface area contributed by atoms with Gasteiger partial charge < -0.3 is 15.5 Å². The predicted octanol–water partition coefficient (Wildman–Crippen LogP) is 0.392. The van der Waals surface area contributed by atoms with E-state index in [9.17, 15) is 9.59 Å². The van der Waals surface area contributed by atoms with Gasteiger partial charge in [0.05, 0.1) is 13.1 Å². The minimum atomic E-state index is -0.0836. The largest absolute Gasteiger partial charge is 0.355 e. The average molecular weight is 266 g/mol. The van der Waals surface area contributed by atoms with E-state index in [1.807, 2.05) is 13.8 Å². The highest BCUT2D eigenvalue weighted by Crippen LogP contribution is 1.92.